The lowest BCUT2D eigenvalue weighted by Gasteiger charge is -2.30. The van der Waals surface area contributed by atoms with Crippen molar-refractivity contribution < 1.29 is 5.11 Å². The molecule has 1 aliphatic rings. The van der Waals surface area contributed by atoms with Crippen LogP contribution in [0.3, 0.4) is 0 Å². The summed E-state index contributed by atoms with van der Waals surface area (Å²) in [5.74, 6) is 1.16. The molecule has 0 aromatic heterocycles. The number of nitrogens with one attached hydrogen (secondary N) is 1. The minimum absolute atomic E-state index is 0.215. The van der Waals surface area contributed by atoms with Gasteiger partial charge in [0.25, 0.3) is 0 Å². The highest BCUT2D eigenvalue weighted by molar-refractivity contribution is 7.99. The van der Waals surface area contributed by atoms with Crippen LogP contribution in [0.5, 0.6) is 0 Å². The molecule has 1 aromatic rings. The molecule has 16 heavy (non-hydrogen) atoms. The second kappa shape index (κ2) is 6.13. The fourth-order valence-corrected chi connectivity index (χ4v) is 2.93. The van der Waals surface area contributed by atoms with E-state index in [4.69, 9.17) is 5.11 Å². The van der Waals surface area contributed by atoms with Crippen LogP contribution in [0, 0.1) is 0 Å². The fraction of sp³-hybridized carbons (Fsp3) is 0.500. The van der Waals surface area contributed by atoms with Gasteiger partial charge in [0.2, 0.25) is 0 Å². The van der Waals surface area contributed by atoms with Crippen molar-refractivity contribution in [3.8, 4) is 0 Å². The standard InChI is InChI=1S/C12H18N2OS/c15-9-6-13-5-7-14-8-10-16-12-4-2-1-3-11(12)14/h1-4,13,15H,5-10H2. The van der Waals surface area contributed by atoms with Gasteiger partial charge in [-0.3, -0.25) is 0 Å². The smallest absolute Gasteiger partial charge is 0.0555 e. The van der Waals surface area contributed by atoms with Gasteiger partial charge in [0, 0.05) is 36.8 Å². The number of aliphatic hydroxyl groups is 1. The Kier molecular flexibility index (Phi) is 4.51. The number of para-hydroxylation sites is 1. The number of benzene rings is 1. The van der Waals surface area contributed by atoms with Crippen molar-refractivity contribution in [1.29, 1.82) is 0 Å². The molecule has 0 saturated carbocycles. The van der Waals surface area contributed by atoms with Crippen molar-refractivity contribution in [2.75, 3.05) is 43.4 Å². The summed E-state index contributed by atoms with van der Waals surface area (Å²) in [4.78, 5) is 3.80. The Bertz CT molecular complexity index is 333. The van der Waals surface area contributed by atoms with Gasteiger partial charge in [-0.25, -0.2) is 0 Å². The number of nitrogens with zero attached hydrogens (tertiary/aromatic N) is 1. The van der Waals surface area contributed by atoms with Crippen LogP contribution in [-0.4, -0.2) is 43.6 Å². The molecule has 0 amide bonds. The predicted octanol–water partition coefficient (Wildman–Crippen LogP) is 1.18. The first-order valence-electron chi connectivity index (χ1n) is 5.70. The zero-order chi connectivity index (χ0) is 11.2. The Balaban J connectivity index is 1.91. The Morgan fingerprint density at radius 1 is 1.31 bits per heavy atom. The molecule has 2 rings (SSSR count). The van der Waals surface area contributed by atoms with E-state index in [-0.39, 0.29) is 6.61 Å². The van der Waals surface area contributed by atoms with Crippen LogP contribution in [0.15, 0.2) is 29.2 Å². The lowest BCUT2D eigenvalue weighted by Crippen LogP contribution is -2.36. The van der Waals surface area contributed by atoms with Gasteiger partial charge < -0.3 is 15.3 Å². The minimum Gasteiger partial charge on any atom is -0.395 e. The van der Waals surface area contributed by atoms with E-state index in [1.807, 2.05) is 11.8 Å². The largest absolute Gasteiger partial charge is 0.395 e. The van der Waals surface area contributed by atoms with Crippen LogP contribution in [0.4, 0.5) is 5.69 Å². The van der Waals surface area contributed by atoms with Gasteiger partial charge in [-0.05, 0) is 12.1 Å². The molecule has 1 aliphatic heterocycles. The van der Waals surface area contributed by atoms with Crippen LogP contribution < -0.4 is 10.2 Å². The Labute approximate surface area is 101 Å². The molecule has 2 N–H and O–H groups in total. The number of rotatable bonds is 5. The number of aliphatic hydroxyl groups excluding tert-OH is 1. The molecule has 0 aliphatic carbocycles. The van der Waals surface area contributed by atoms with E-state index in [1.54, 1.807) is 0 Å². The summed E-state index contributed by atoms with van der Waals surface area (Å²) in [6, 6.07) is 8.57. The Morgan fingerprint density at radius 2 is 2.19 bits per heavy atom. The molecule has 1 heterocycles. The van der Waals surface area contributed by atoms with Gasteiger partial charge in [-0.1, -0.05) is 12.1 Å². The third-order valence-corrected chi connectivity index (χ3v) is 3.71. The topological polar surface area (TPSA) is 35.5 Å². The molecular weight excluding hydrogens is 220 g/mol. The van der Waals surface area contributed by atoms with Gasteiger partial charge in [0.1, 0.15) is 0 Å². The van der Waals surface area contributed by atoms with E-state index >= 15 is 0 Å². The first-order chi connectivity index (χ1) is 7.92. The molecule has 0 spiro atoms. The minimum atomic E-state index is 0.215. The summed E-state index contributed by atoms with van der Waals surface area (Å²) in [6.07, 6.45) is 0. The van der Waals surface area contributed by atoms with E-state index in [9.17, 15) is 0 Å². The first kappa shape index (κ1) is 11.8. The van der Waals surface area contributed by atoms with Crippen molar-refractivity contribution in [2.24, 2.45) is 0 Å². The highest BCUT2D eigenvalue weighted by atomic mass is 32.2. The number of hydrogen-bond acceptors (Lipinski definition) is 4. The number of hydrogen-bond donors (Lipinski definition) is 2. The van der Waals surface area contributed by atoms with Crippen LogP contribution in [0.1, 0.15) is 0 Å². The maximum Gasteiger partial charge on any atom is 0.0555 e. The lowest BCUT2D eigenvalue weighted by molar-refractivity contribution is 0.293. The summed E-state index contributed by atoms with van der Waals surface area (Å²) in [6.45, 7) is 3.95. The van der Waals surface area contributed by atoms with Gasteiger partial charge >= 0.3 is 0 Å². The van der Waals surface area contributed by atoms with Crippen molar-refractivity contribution in [3.05, 3.63) is 24.3 Å². The highest BCUT2D eigenvalue weighted by Gasteiger charge is 2.15. The van der Waals surface area contributed by atoms with Crippen LogP contribution >= 0.6 is 11.8 Å². The van der Waals surface area contributed by atoms with Crippen LogP contribution in [0.25, 0.3) is 0 Å². The quantitative estimate of drug-likeness (QED) is 0.755. The number of thioether (sulfide) groups is 1. The van der Waals surface area contributed by atoms with Crippen LogP contribution in [0.2, 0.25) is 0 Å². The van der Waals surface area contributed by atoms with Crippen molar-refractivity contribution in [3.63, 3.8) is 0 Å². The second-order valence-electron chi connectivity index (χ2n) is 3.78. The molecule has 0 saturated heterocycles. The molecule has 0 atom stereocenters. The molecule has 0 unspecified atom stereocenters. The summed E-state index contributed by atoms with van der Waals surface area (Å²) < 4.78 is 0. The molecule has 0 fully saturated rings. The summed E-state index contributed by atoms with van der Waals surface area (Å²) in [5, 5.41) is 11.9. The SMILES string of the molecule is OCCNCCN1CCSc2ccccc21. The Morgan fingerprint density at radius 3 is 3.06 bits per heavy atom. The molecule has 0 radical (unpaired) electrons. The molecule has 1 aromatic carbocycles. The Hall–Kier alpha value is -0.710. The predicted molar refractivity (Wildman–Crippen MR) is 69.3 cm³/mol. The van der Waals surface area contributed by atoms with E-state index in [0.717, 1.165) is 25.4 Å². The van der Waals surface area contributed by atoms with E-state index in [2.05, 4.69) is 34.5 Å². The average Bonchev–Trinajstić information content (AvgIpc) is 2.35. The monoisotopic (exact) mass is 238 g/mol. The number of fused-ring (bicyclic) bond motifs is 1. The maximum absolute atomic E-state index is 8.68. The third kappa shape index (κ3) is 2.90. The average molecular weight is 238 g/mol. The normalized spacial score (nSPS) is 14.9. The van der Waals surface area contributed by atoms with Gasteiger partial charge in [0.05, 0.1) is 12.3 Å². The zero-order valence-corrected chi connectivity index (χ0v) is 10.2. The molecule has 4 heteroatoms. The van der Waals surface area contributed by atoms with Gasteiger partial charge in [-0.2, -0.15) is 0 Å². The first-order valence-corrected chi connectivity index (χ1v) is 6.69. The van der Waals surface area contributed by atoms with Gasteiger partial charge in [0.15, 0.2) is 0 Å². The van der Waals surface area contributed by atoms with Crippen molar-refractivity contribution in [2.45, 2.75) is 4.90 Å². The number of anilines is 1. The summed E-state index contributed by atoms with van der Waals surface area (Å²) in [7, 11) is 0. The lowest BCUT2D eigenvalue weighted by atomic mass is 10.2. The maximum atomic E-state index is 8.68. The molecule has 3 nitrogen and oxygen atoms in total. The van der Waals surface area contributed by atoms with E-state index in [0.29, 0.717) is 6.54 Å². The van der Waals surface area contributed by atoms with Crippen molar-refractivity contribution >= 4 is 17.4 Å². The summed E-state index contributed by atoms with van der Waals surface area (Å²) in [5.41, 5.74) is 1.35. The van der Waals surface area contributed by atoms with E-state index in [1.165, 1.54) is 10.6 Å². The third-order valence-electron chi connectivity index (χ3n) is 2.67. The van der Waals surface area contributed by atoms with E-state index < -0.39 is 0 Å². The molecular formula is C12H18N2OS. The van der Waals surface area contributed by atoms with Gasteiger partial charge in [-0.15, -0.1) is 11.8 Å². The highest BCUT2D eigenvalue weighted by Crippen LogP contribution is 2.33. The second-order valence-corrected chi connectivity index (χ2v) is 4.91. The van der Waals surface area contributed by atoms with Crippen LogP contribution in [-0.2, 0) is 0 Å². The molecule has 88 valence electrons. The molecule has 0 bridgehead atoms. The summed E-state index contributed by atoms with van der Waals surface area (Å²) >= 11 is 1.93. The zero-order valence-electron chi connectivity index (χ0n) is 9.35. The van der Waals surface area contributed by atoms with Crippen molar-refractivity contribution in [1.82, 2.24) is 5.32 Å². The fourth-order valence-electron chi connectivity index (χ4n) is 1.88.